The van der Waals surface area contributed by atoms with Crippen molar-refractivity contribution in [3.63, 3.8) is 0 Å². The first-order valence-electron chi connectivity index (χ1n) is 4.19. The smallest absolute Gasteiger partial charge is 0.0830 e. The molecule has 0 unspecified atom stereocenters. The van der Waals surface area contributed by atoms with Crippen LogP contribution < -0.4 is 10.6 Å². The van der Waals surface area contributed by atoms with E-state index < -0.39 is 0 Å². The van der Waals surface area contributed by atoms with Gasteiger partial charge in [0.05, 0.1) is 6.17 Å². The summed E-state index contributed by atoms with van der Waals surface area (Å²) in [6.45, 7) is 2.09. The second-order valence-corrected chi connectivity index (χ2v) is 2.92. The number of hydrogen-bond donors (Lipinski definition) is 2. The third-order valence-electron chi connectivity index (χ3n) is 1.99. The van der Waals surface area contributed by atoms with Crippen LogP contribution in [0.1, 0.15) is 17.3 Å². The van der Waals surface area contributed by atoms with Gasteiger partial charge < -0.3 is 10.6 Å². The van der Waals surface area contributed by atoms with Gasteiger partial charge in [-0.2, -0.15) is 0 Å². The fourth-order valence-corrected chi connectivity index (χ4v) is 1.24. The highest BCUT2D eigenvalue weighted by Crippen LogP contribution is 2.09. The molecule has 0 bridgehead atoms. The zero-order chi connectivity index (χ0) is 8.97. The Bertz CT molecular complexity index is 224. The van der Waals surface area contributed by atoms with E-state index in [1.807, 2.05) is 14.1 Å². The van der Waals surface area contributed by atoms with Crippen molar-refractivity contribution in [1.29, 1.82) is 0 Å². The monoisotopic (exact) mass is 164 g/mol. The van der Waals surface area contributed by atoms with Crippen LogP contribution >= 0.6 is 0 Å². The molecule has 12 heavy (non-hydrogen) atoms. The topological polar surface area (TPSA) is 24.1 Å². The second-order valence-electron chi connectivity index (χ2n) is 2.92. The van der Waals surface area contributed by atoms with Gasteiger partial charge in [0.15, 0.2) is 0 Å². The predicted octanol–water partition coefficient (Wildman–Crippen LogP) is 1.43. The van der Waals surface area contributed by atoms with Gasteiger partial charge in [-0.3, -0.25) is 0 Å². The third kappa shape index (κ3) is 2.06. The van der Waals surface area contributed by atoms with E-state index in [0.717, 1.165) is 0 Å². The Kier molecular flexibility index (Phi) is 3.26. The summed E-state index contributed by atoms with van der Waals surface area (Å²) < 4.78 is 0. The van der Waals surface area contributed by atoms with Gasteiger partial charge in [0, 0.05) is 0 Å². The molecule has 0 saturated heterocycles. The van der Waals surface area contributed by atoms with Crippen molar-refractivity contribution in [2.45, 2.75) is 13.1 Å². The van der Waals surface area contributed by atoms with Crippen LogP contribution in [0.3, 0.4) is 0 Å². The first kappa shape index (κ1) is 9.23. The number of rotatable bonds is 3. The Balaban J connectivity index is 2.80. The highest BCUT2D eigenvalue weighted by Gasteiger charge is 2.03. The highest BCUT2D eigenvalue weighted by atomic mass is 15.1. The molecule has 1 aromatic rings. The van der Waals surface area contributed by atoms with Gasteiger partial charge in [-0.25, -0.2) is 0 Å². The summed E-state index contributed by atoms with van der Waals surface area (Å²) in [5.41, 5.74) is 2.57. The molecule has 66 valence electrons. The van der Waals surface area contributed by atoms with E-state index in [1.54, 1.807) is 0 Å². The van der Waals surface area contributed by atoms with Crippen molar-refractivity contribution in [3.05, 3.63) is 35.4 Å². The van der Waals surface area contributed by atoms with E-state index in [0.29, 0.717) is 0 Å². The summed E-state index contributed by atoms with van der Waals surface area (Å²) >= 11 is 0. The molecular formula is C10H16N2. The molecule has 1 rings (SSSR count). The normalized spacial score (nSPS) is 10.7. The Hall–Kier alpha value is -0.860. The fraction of sp³-hybridized carbons (Fsp3) is 0.400. The molecule has 0 saturated carbocycles. The molecular weight excluding hydrogens is 148 g/mol. The van der Waals surface area contributed by atoms with E-state index in [4.69, 9.17) is 0 Å². The van der Waals surface area contributed by atoms with Crippen molar-refractivity contribution in [1.82, 2.24) is 10.6 Å². The minimum atomic E-state index is 0.255. The van der Waals surface area contributed by atoms with Gasteiger partial charge in [-0.15, -0.1) is 0 Å². The largest absolute Gasteiger partial charge is 0.301 e. The van der Waals surface area contributed by atoms with Crippen LogP contribution in [0.5, 0.6) is 0 Å². The zero-order valence-corrected chi connectivity index (χ0v) is 7.89. The lowest BCUT2D eigenvalue weighted by Gasteiger charge is -2.15. The summed E-state index contributed by atoms with van der Waals surface area (Å²) in [6, 6.07) is 8.51. The van der Waals surface area contributed by atoms with Gasteiger partial charge in [-0.1, -0.05) is 29.8 Å². The van der Waals surface area contributed by atoms with Crippen molar-refractivity contribution >= 4 is 0 Å². The Morgan fingerprint density at radius 1 is 1.00 bits per heavy atom. The molecule has 1 aromatic carbocycles. The Labute approximate surface area is 74.0 Å². The zero-order valence-electron chi connectivity index (χ0n) is 7.89. The van der Waals surface area contributed by atoms with E-state index >= 15 is 0 Å². The third-order valence-corrected chi connectivity index (χ3v) is 1.99. The van der Waals surface area contributed by atoms with Crippen LogP contribution in [0.2, 0.25) is 0 Å². The van der Waals surface area contributed by atoms with Gasteiger partial charge >= 0.3 is 0 Å². The maximum Gasteiger partial charge on any atom is 0.0830 e. The van der Waals surface area contributed by atoms with Crippen LogP contribution in [0.15, 0.2) is 24.3 Å². The van der Waals surface area contributed by atoms with Gasteiger partial charge in [0.1, 0.15) is 0 Å². The quantitative estimate of drug-likeness (QED) is 0.660. The Morgan fingerprint density at radius 3 is 1.92 bits per heavy atom. The van der Waals surface area contributed by atoms with E-state index in [9.17, 15) is 0 Å². The minimum absolute atomic E-state index is 0.255. The van der Waals surface area contributed by atoms with Gasteiger partial charge in [-0.05, 0) is 26.6 Å². The fourth-order valence-electron chi connectivity index (χ4n) is 1.24. The summed E-state index contributed by atoms with van der Waals surface area (Å²) in [6.07, 6.45) is 0.255. The van der Waals surface area contributed by atoms with Gasteiger partial charge in [0.2, 0.25) is 0 Å². The first-order chi connectivity index (χ1) is 5.77. The predicted molar refractivity (Wildman–Crippen MR) is 52.0 cm³/mol. The van der Waals surface area contributed by atoms with Crippen molar-refractivity contribution in [2.75, 3.05) is 14.1 Å². The summed E-state index contributed by atoms with van der Waals surface area (Å²) in [5, 5.41) is 6.35. The van der Waals surface area contributed by atoms with Crippen LogP contribution in [-0.4, -0.2) is 14.1 Å². The number of nitrogens with one attached hydrogen (secondary N) is 2. The average Bonchev–Trinajstić information content (AvgIpc) is 2.10. The van der Waals surface area contributed by atoms with Crippen molar-refractivity contribution in [3.8, 4) is 0 Å². The molecule has 0 radical (unpaired) electrons. The van der Waals surface area contributed by atoms with Crippen molar-refractivity contribution in [2.24, 2.45) is 0 Å². The van der Waals surface area contributed by atoms with Crippen LogP contribution in [0.4, 0.5) is 0 Å². The molecule has 0 fully saturated rings. The number of hydrogen-bond acceptors (Lipinski definition) is 2. The summed E-state index contributed by atoms with van der Waals surface area (Å²) in [4.78, 5) is 0. The van der Waals surface area contributed by atoms with E-state index in [-0.39, 0.29) is 6.17 Å². The van der Waals surface area contributed by atoms with E-state index in [1.165, 1.54) is 11.1 Å². The average molecular weight is 164 g/mol. The van der Waals surface area contributed by atoms with Crippen LogP contribution in [-0.2, 0) is 0 Å². The summed E-state index contributed by atoms with van der Waals surface area (Å²) in [7, 11) is 3.89. The first-order valence-corrected chi connectivity index (χ1v) is 4.19. The molecule has 2 nitrogen and oxygen atoms in total. The molecule has 0 aliphatic rings. The maximum atomic E-state index is 3.18. The standard InChI is InChI=1S/C10H16N2/c1-8-4-6-9(7-5-8)10(11-2)12-3/h4-7,10-12H,1-3H3. The van der Waals surface area contributed by atoms with Crippen LogP contribution in [0, 0.1) is 6.92 Å². The molecule has 0 aliphatic carbocycles. The van der Waals surface area contributed by atoms with Crippen LogP contribution in [0.25, 0.3) is 0 Å². The lowest BCUT2D eigenvalue weighted by atomic mass is 10.1. The maximum absolute atomic E-state index is 3.18. The molecule has 2 N–H and O–H groups in total. The Morgan fingerprint density at radius 2 is 1.50 bits per heavy atom. The SMILES string of the molecule is CNC(NC)c1ccc(C)cc1. The molecule has 0 heterocycles. The van der Waals surface area contributed by atoms with Crippen molar-refractivity contribution < 1.29 is 0 Å². The summed E-state index contributed by atoms with van der Waals surface area (Å²) in [5.74, 6) is 0. The molecule has 0 amide bonds. The number of benzene rings is 1. The van der Waals surface area contributed by atoms with Gasteiger partial charge in [0.25, 0.3) is 0 Å². The lowest BCUT2D eigenvalue weighted by molar-refractivity contribution is 0.520. The second kappa shape index (κ2) is 4.24. The molecule has 0 aliphatic heterocycles. The number of aryl methyl sites for hydroxylation is 1. The molecule has 0 aromatic heterocycles. The minimum Gasteiger partial charge on any atom is -0.301 e. The lowest BCUT2D eigenvalue weighted by Crippen LogP contribution is -2.28. The molecule has 0 spiro atoms. The van der Waals surface area contributed by atoms with E-state index in [2.05, 4.69) is 41.8 Å². The molecule has 0 atom stereocenters. The molecule has 2 heteroatoms. The highest BCUT2D eigenvalue weighted by molar-refractivity contribution is 5.23.